The number of benzene rings is 1. The molecule has 1 atom stereocenters. The number of rotatable bonds is 1. The van der Waals surface area contributed by atoms with Crippen molar-refractivity contribution in [3.8, 4) is 5.75 Å². The maximum Gasteiger partial charge on any atom is 0.339 e. The lowest BCUT2D eigenvalue weighted by Gasteiger charge is -2.05. The first-order valence-corrected chi connectivity index (χ1v) is 4.43. The van der Waals surface area contributed by atoms with E-state index in [1.165, 1.54) is 12.1 Å². The molecule has 0 fully saturated rings. The Bertz CT molecular complexity index is 405. The summed E-state index contributed by atoms with van der Waals surface area (Å²) in [5, 5.41) is 9.32. The van der Waals surface area contributed by atoms with Crippen molar-refractivity contribution >= 4 is 17.6 Å². The van der Waals surface area contributed by atoms with Gasteiger partial charge in [-0.1, -0.05) is 11.6 Å². The van der Waals surface area contributed by atoms with Crippen molar-refractivity contribution < 1.29 is 14.6 Å². The number of carbonyl (C=O) groups is 1. The highest BCUT2D eigenvalue weighted by Crippen LogP contribution is 2.39. The predicted molar refractivity (Wildman–Crippen MR) is 50.8 cm³/mol. The van der Waals surface area contributed by atoms with Crippen LogP contribution in [0.3, 0.4) is 0 Å². The zero-order chi connectivity index (χ0) is 10.3. The molecular weight excluding hydrogens is 206 g/mol. The van der Waals surface area contributed by atoms with Gasteiger partial charge in [0.05, 0.1) is 6.04 Å². The molecule has 5 heteroatoms. The summed E-state index contributed by atoms with van der Waals surface area (Å²) in [6, 6.07) is 2.61. The average Bonchev–Trinajstić information content (AvgIpc) is 2.49. The van der Waals surface area contributed by atoms with Crippen LogP contribution in [0.5, 0.6) is 5.75 Å². The number of carboxylic acids is 1. The van der Waals surface area contributed by atoms with Crippen LogP contribution in [0.2, 0.25) is 5.02 Å². The maximum atomic E-state index is 10.8. The minimum Gasteiger partial charge on any atom is -0.490 e. The van der Waals surface area contributed by atoms with Gasteiger partial charge in [-0.05, 0) is 12.1 Å². The molecule has 74 valence electrons. The van der Waals surface area contributed by atoms with Crippen LogP contribution in [-0.2, 0) is 0 Å². The number of ether oxygens (including phenoxy) is 1. The highest BCUT2D eigenvalue weighted by atomic mass is 35.5. The summed E-state index contributed by atoms with van der Waals surface area (Å²) in [5.41, 5.74) is 6.41. The fraction of sp³-hybridized carbons (Fsp3) is 0.222. The normalized spacial score (nSPS) is 18.9. The van der Waals surface area contributed by atoms with Crippen LogP contribution in [0.25, 0.3) is 0 Å². The van der Waals surface area contributed by atoms with E-state index < -0.39 is 5.97 Å². The molecule has 2 rings (SSSR count). The molecule has 0 radical (unpaired) electrons. The number of fused-ring (bicyclic) bond motifs is 1. The van der Waals surface area contributed by atoms with E-state index in [1.54, 1.807) is 0 Å². The monoisotopic (exact) mass is 213 g/mol. The predicted octanol–water partition coefficient (Wildman–Crippen LogP) is 1.43. The van der Waals surface area contributed by atoms with Crippen LogP contribution >= 0.6 is 11.6 Å². The highest BCUT2D eigenvalue weighted by Gasteiger charge is 2.28. The second-order valence-corrected chi connectivity index (χ2v) is 3.47. The van der Waals surface area contributed by atoms with Gasteiger partial charge in [-0.15, -0.1) is 0 Å². The van der Waals surface area contributed by atoms with Gasteiger partial charge in [-0.2, -0.15) is 0 Å². The van der Waals surface area contributed by atoms with Crippen LogP contribution in [0.1, 0.15) is 22.0 Å². The second kappa shape index (κ2) is 3.15. The van der Waals surface area contributed by atoms with E-state index >= 15 is 0 Å². The Morgan fingerprint density at radius 3 is 3.00 bits per heavy atom. The third-order valence-corrected chi connectivity index (χ3v) is 2.48. The minimum atomic E-state index is -1.04. The zero-order valence-electron chi connectivity index (χ0n) is 7.16. The van der Waals surface area contributed by atoms with Crippen LogP contribution < -0.4 is 10.5 Å². The topological polar surface area (TPSA) is 72.5 Å². The first-order valence-electron chi connectivity index (χ1n) is 4.05. The molecule has 4 nitrogen and oxygen atoms in total. The molecule has 0 saturated carbocycles. The molecule has 0 spiro atoms. The molecule has 1 aromatic carbocycles. The molecule has 3 N–H and O–H groups in total. The van der Waals surface area contributed by atoms with Gasteiger partial charge in [0.25, 0.3) is 0 Å². The van der Waals surface area contributed by atoms with Gasteiger partial charge in [-0.25, -0.2) is 4.79 Å². The van der Waals surface area contributed by atoms with Crippen LogP contribution in [0, 0.1) is 0 Å². The Morgan fingerprint density at radius 1 is 1.64 bits per heavy atom. The third-order valence-electron chi connectivity index (χ3n) is 2.15. The molecule has 0 aliphatic carbocycles. The van der Waals surface area contributed by atoms with E-state index in [0.717, 1.165) is 0 Å². The lowest BCUT2D eigenvalue weighted by molar-refractivity contribution is 0.0693. The number of hydrogen-bond donors (Lipinski definition) is 2. The van der Waals surface area contributed by atoms with Crippen LogP contribution in [-0.4, -0.2) is 17.7 Å². The van der Waals surface area contributed by atoms with Gasteiger partial charge in [0, 0.05) is 10.6 Å². The van der Waals surface area contributed by atoms with Crippen molar-refractivity contribution in [2.24, 2.45) is 5.73 Å². The van der Waals surface area contributed by atoms with Gasteiger partial charge >= 0.3 is 5.97 Å². The van der Waals surface area contributed by atoms with E-state index in [4.69, 9.17) is 27.2 Å². The molecular formula is C9H8ClNO3. The lowest BCUT2D eigenvalue weighted by atomic mass is 10.1. The van der Waals surface area contributed by atoms with Gasteiger partial charge in [0.15, 0.2) is 0 Å². The Balaban J connectivity index is 2.64. The molecule has 0 amide bonds. The van der Waals surface area contributed by atoms with Crippen molar-refractivity contribution in [1.29, 1.82) is 0 Å². The van der Waals surface area contributed by atoms with E-state index in [9.17, 15) is 4.79 Å². The summed E-state index contributed by atoms with van der Waals surface area (Å²) in [5.74, 6) is -0.732. The average molecular weight is 214 g/mol. The zero-order valence-corrected chi connectivity index (χ0v) is 7.91. The summed E-state index contributed by atoms with van der Waals surface area (Å²) in [4.78, 5) is 10.8. The van der Waals surface area contributed by atoms with Gasteiger partial charge in [0.2, 0.25) is 0 Å². The Labute approximate surface area is 85.2 Å². The second-order valence-electron chi connectivity index (χ2n) is 3.06. The van der Waals surface area contributed by atoms with Gasteiger partial charge < -0.3 is 15.6 Å². The minimum absolute atomic E-state index is 0.109. The molecule has 0 unspecified atom stereocenters. The summed E-state index contributed by atoms with van der Waals surface area (Å²) in [7, 11) is 0. The van der Waals surface area contributed by atoms with Crippen LogP contribution in [0.4, 0.5) is 0 Å². The smallest absolute Gasteiger partial charge is 0.339 e. The third kappa shape index (κ3) is 1.23. The van der Waals surface area contributed by atoms with E-state index in [2.05, 4.69) is 0 Å². The Morgan fingerprint density at radius 2 is 2.36 bits per heavy atom. The number of halogens is 1. The van der Waals surface area contributed by atoms with Crippen molar-refractivity contribution in [2.45, 2.75) is 6.04 Å². The molecule has 1 aliphatic heterocycles. The molecule has 1 heterocycles. The van der Waals surface area contributed by atoms with Crippen LogP contribution in [0.15, 0.2) is 12.1 Å². The molecule has 0 aromatic heterocycles. The molecule has 1 aromatic rings. The molecule has 14 heavy (non-hydrogen) atoms. The Kier molecular flexibility index (Phi) is 2.09. The van der Waals surface area contributed by atoms with Gasteiger partial charge in [0.1, 0.15) is 17.9 Å². The first kappa shape index (κ1) is 9.30. The number of hydrogen-bond acceptors (Lipinski definition) is 3. The fourth-order valence-corrected chi connectivity index (χ4v) is 1.79. The van der Waals surface area contributed by atoms with Gasteiger partial charge in [-0.3, -0.25) is 0 Å². The lowest BCUT2D eigenvalue weighted by Crippen LogP contribution is -2.11. The molecule has 0 bridgehead atoms. The largest absolute Gasteiger partial charge is 0.490 e. The van der Waals surface area contributed by atoms with E-state index in [-0.39, 0.29) is 18.2 Å². The number of nitrogens with two attached hydrogens (primary N) is 1. The van der Waals surface area contributed by atoms with E-state index in [1.807, 2.05) is 0 Å². The molecule has 1 aliphatic rings. The number of carboxylic acid groups (broad SMARTS) is 1. The summed E-state index contributed by atoms with van der Waals surface area (Å²) >= 11 is 5.89. The quantitative estimate of drug-likeness (QED) is 0.740. The summed E-state index contributed by atoms with van der Waals surface area (Å²) < 4.78 is 5.19. The van der Waals surface area contributed by atoms with Crippen molar-refractivity contribution in [3.63, 3.8) is 0 Å². The van der Waals surface area contributed by atoms with Crippen molar-refractivity contribution in [2.75, 3.05) is 6.61 Å². The standard InChI is InChI=1S/C9H8ClNO3/c10-5-2-1-4(9(12)13)8-7(5)6(11)3-14-8/h1-2,6H,3,11H2,(H,12,13)/t6-/m0/s1. The van der Waals surface area contributed by atoms with E-state index in [0.29, 0.717) is 16.3 Å². The first-order chi connectivity index (χ1) is 6.61. The molecule has 0 saturated heterocycles. The fourth-order valence-electron chi connectivity index (χ4n) is 1.50. The van der Waals surface area contributed by atoms with Crippen molar-refractivity contribution in [1.82, 2.24) is 0 Å². The highest BCUT2D eigenvalue weighted by molar-refractivity contribution is 6.31. The maximum absolute atomic E-state index is 10.8. The number of aromatic carboxylic acids is 1. The van der Waals surface area contributed by atoms with Crippen molar-refractivity contribution in [3.05, 3.63) is 28.3 Å². The summed E-state index contributed by atoms with van der Waals surface area (Å²) in [6.45, 7) is 0.277. The summed E-state index contributed by atoms with van der Waals surface area (Å²) in [6.07, 6.45) is 0. The Hall–Kier alpha value is -1.26. The SMILES string of the molecule is N[C@H]1COc2c(C(=O)O)ccc(Cl)c21.